The molecule has 1 unspecified atom stereocenters. The Morgan fingerprint density at radius 1 is 1.28 bits per heavy atom. The number of nitrogens with one attached hydrogen (secondary N) is 1. The second-order valence-electron chi connectivity index (χ2n) is 5.63. The summed E-state index contributed by atoms with van der Waals surface area (Å²) in [5, 5.41) is 13.6. The summed E-state index contributed by atoms with van der Waals surface area (Å²) < 4.78 is 14.1. The molecule has 0 aliphatic heterocycles. The molecule has 132 valence electrons. The molecule has 0 saturated carbocycles. The number of rotatable bonds is 6. The van der Waals surface area contributed by atoms with E-state index < -0.39 is 22.7 Å². The summed E-state index contributed by atoms with van der Waals surface area (Å²) in [6, 6.07) is 9.21. The number of non-ortho nitro benzene ring substituents is 1. The van der Waals surface area contributed by atoms with E-state index in [1.165, 1.54) is 36.4 Å². The van der Waals surface area contributed by atoms with Gasteiger partial charge in [-0.2, -0.15) is 0 Å². The molecular weight excluding hydrogens is 349 g/mol. The maximum atomic E-state index is 14.1. The van der Waals surface area contributed by atoms with E-state index in [0.29, 0.717) is 5.56 Å². The molecule has 0 spiro atoms. The molecule has 6 nitrogen and oxygen atoms in total. The van der Waals surface area contributed by atoms with Gasteiger partial charge in [0, 0.05) is 34.8 Å². The predicted octanol–water partition coefficient (Wildman–Crippen LogP) is 3.42. The zero-order valence-electron chi connectivity index (χ0n) is 13.7. The van der Waals surface area contributed by atoms with Crippen LogP contribution in [-0.4, -0.2) is 36.4 Å². The van der Waals surface area contributed by atoms with Gasteiger partial charge in [-0.05, 0) is 38.4 Å². The third kappa shape index (κ3) is 4.52. The number of hydrogen-bond acceptors (Lipinski definition) is 4. The highest BCUT2D eigenvalue weighted by molar-refractivity contribution is 6.31. The van der Waals surface area contributed by atoms with Crippen molar-refractivity contribution < 1.29 is 14.1 Å². The minimum Gasteiger partial charge on any atom is -0.350 e. The molecule has 8 heteroatoms. The van der Waals surface area contributed by atoms with Crippen LogP contribution in [0.5, 0.6) is 0 Å². The van der Waals surface area contributed by atoms with E-state index >= 15 is 0 Å². The van der Waals surface area contributed by atoms with Gasteiger partial charge in [0.25, 0.3) is 11.6 Å². The van der Waals surface area contributed by atoms with Crippen molar-refractivity contribution in [1.82, 2.24) is 10.2 Å². The second-order valence-corrected chi connectivity index (χ2v) is 6.04. The average molecular weight is 366 g/mol. The SMILES string of the molecule is CN(C)C(CNC(=O)c1ccc([N+](=O)[O-])cc1)c1c(F)cccc1Cl. The highest BCUT2D eigenvalue weighted by Crippen LogP contribution is 2.28. The first kappa shape index (κ1) is 18.8. The monoisotopic (exact) mass is 365 g/mol. The molecule has 0 aliphatic carbocycles. The van der Waals surface area contributed by atoms with Crippen molar-refractivity contribution in [2.45, 2.75) is 6.04 Å². The van der Waals surface area contributed by atoms with Gasteiger partial charge in [-0.1, -0.05) is 17.7 Å². The first-order valence-electron chi connectivity index (χ1n) is 7.44. The Bertz CT molecular complexity index is 761. The largest absolute Gasteiger partial charge is 0.350 e. The van der Waals surface area contributed by atoms with Crippen LogP contribution in [0.25, 0.3) is 0 Å². The fourth-order valence-corrected chi connectivity index (χ4v) is 2.69. The van der Waals surface area contributed by atoms with Gasteiger partial charge in [0.1, 0.15) is 5.82 Å². The zero-order chi connectivity index (χ0) is 18.6. The summed E-state index contributed by atoms with van der Waals surface area (Å²) in [6.07, 6.45) is 0. The molecule has 1 amide bonds. The predicted molar refractivity (Wildman–Crippen MR) is 93.3 cm³/mol. The molecular formula is C17H17ClFN3O3. The maximum Gasteiger partial charge on any atom is 0.269 e. The molecule has 0 aromatic heterocycles. The third-order valence-electron chi connectivity index (χ3n) is 3.75. The van der Waals surface area contributed by atoms with Gasteiger partial charge in [0.15, 0.2) is 0 Å². The molecule has 0 saturated heterocycles. The van der Waals surface area contributed by atoms with E-state index in [1.54, 1.807) is 25.1 Å². The highest BCUT2D eigenvalue weighted by atomic mass is 35.5. The van der Waals surface area contributed by atoms with Gasteiger partial charge >= 0.3 is 0 Å². The maximum absolute atomic E-state index is 14.1. The van der Waals surface area contributed by atoms with Crippen molar-refractivity contribution in [3.63, 3.8) is 0 Å². The van der Waals surface area contributed by atoms with Crippen molar-refractivity contribution in [2.75, 3.05) is 20.6 Å². The quantitative estimate of drug-likeness (QED) is 0.628. The fraction of sp³-hybridized carbons (Fsp3) is 0.235. The molecule has 0 radical (unpaired) electrons. The van der Waals surface area contributed by atoms with E-state index in [2.05, 4.69) is 5.32 Å². The first-order valence-corrected chi connectivity index (χ1v) is 7.82. The number of carbonyl (C=O) groups excluding carboxylic acids is 1. The van der Waals surface area contributed by atoms with Gasteiger partial charge in [-0.15, -0.1) is 0 Å². The number of nitrogens with zero attached hydrogens (tertiary/aromatic N) is 2. The normalized spacial score (nSPS) is 12.0. The number of amides is 1. The third-order valence-corrected chi connectivity index (χ3v) is 4.08. The summed E-state index contributed by atoms with van der Waals surface area (Å²) in [5.41, 5.74) is 0.488. The van der Waals surface area contributed by atoms with Crippen LogP contribution in [0.1, 0.15) is 22.0 Å². The number of hydrogen-bond donors (Lipinski definition) is 1. The van der Waals surface area contributed by atoms with Crippen LogP contribution in [0.2, 0.25) is 5.02 Å². The zero-order valence-corrected chi connectivity index (χ0v) is 14.5. The topological polar surface area (TPSA) is 75.5 Å². The molecule has 25 heavy (non-hydrogen) atoms. The Kier molecular flexibility index (Phi) is 6.06. The van der Waals surface area contributed by atoms with Crippen LogP contribution in [-0.2, 0) is 0 Å². The van der Waals surface area contributed by atoms with E-state index in [4.69, 9.17) is 11.6 Å². The summed E-state index contributed by atoms with van der Waals surface area (Å²) in [5.74, 6) is -0.856. The second kappa shape index (κ2) is 8.04. The summed E-state index contributed by atoms with van der Waals surface area (Å²) in [6.45, 7) is 0.128. The van der Waals surface area contributed by atoms with Gasteiger partial charge < -0.3 is 10.2 Å². The van der Waals surface area contributed by atoms with Crippen molar-refractivity contribution in [1.29, 1.82) is 0 Å². The Labute approximate surface area is 149 Å². The summed E-state index contributed by atoms with van der Waals surface area (Å²) >= 11 is 6.10. The summed E-state index contributed by atoms with van der Waals surface area (Å²) in [7, 11) is 3.51. The van der Waals surface area contributed by atoms with Gasteiger partial charge in [-0.3, -0.25) is 14.9 Å². The Hall–Kier alpha value is -2.51. The molecule has 1 N–H and O–H groups in total. The number of benzene rings is 2. The van der Waals surface area contributed by atoms with Crippen molar-refractivity contribution in [3.05, 3.63) is 74.5 Å². The Balaban J connectivity index is 2.13. The fourth-order valence-electron chi connectivity index (χ4n) is 2.40. The molecule has 2 aromatic carbocycles. The van der Waals surface area contributed by atoms with Crippen molar-refractivity contribution in [3.8, 4) is 0 Å². The van der Waals surface area contributed by atoms with Gasteiger partial charge in [0.2, 0.25) is 0 Å². The Morgan fingerprint density at radius 2 is 1.92 bits per heavy atom. The van der Waals surface area contributed by atoms with Crippen LogP contribution in [0.3, 0.4) is 0 Å². The smallest absolute Gasteiger partial charge is 0.269 e. The minimum atomic E-state index is -0.538. The molecule has 0 heterocycles. The lowest BCUT2D eigenvalue weighted by atomic mass is 10.0. The van der Waals surface area contributed by atoms with Gasteiger partial charge in [0.05, 0.1) is 11.0 Å². The number of nitro groups is 1. The van der Waals surface area contributed by atoms with Crippen molar-refractivity contribution in [2.24, 2.45) is 0 Å². The lowest BCUT2D eigenvalue weighted by Gasteiger charge is -2.26. The lowest BCUT2D eigenvalue weighted by Crippen LogP contribution is -2.35. The van der Waals surface area contributed by atoms with Crippen LogP contribution in [0.15, 0.2) is 42.5 Å². The molecule has 2 rings (SSSR count). The first-order chi connectivity index (χ1) is 11.8. The lowest BCUT2D eigenvalue weighted by molar-refractivity contribution is -0.384. The van der Waals surface area contributed by atoms with E-state index in [9.17, 15) is 19.3 Å². The number of likely N-dealkylation sites (N-methyl/N-ethyl adjacent to an activating group) is 1. The number of nitro benzene ring substituents is 1. The van der Waals surface area contributed by atoms with Crippen LogP contribution in [0, 0.1) is 15.9 Å². The Morgan fingerprint density at radius 3 is 2.44 bits per heavy atom. The summed E-state index contributed by atoms with van der Waals surface area (Å²) in [4.78, 5) is 24.1. The van der Waals surface area contributed by atoms with E-state index in [1.807, 2.05) is 0 Å². The minimum absolute atomic E-state index is 0.0964. The van der Waals surface area contributed by atoms with E-state index in [-0.39, 0.29) is 22.8 Å². The van der Waals surface area contributed by atoms with Gasteiger partial charge in [-0.25, -0.2) is 4.39 Å². The standard InChI is InChI=1S/C17H17ClFN3O3/c1-21(2)15(16-13(18)4-3-5-14(16)19)10-20-17(23)11-6-8-12(9-7-11)22(24)25/h3-9,15H,10H2,1-2H3,(H,20,23). The molecule has 1 atom stereocenters. The number of carbonyl (C=O) groups is 1. The van der Waals surface area contributed by atoms with Crippen LogP contribution < -0.4 is 5.32 Å². The van der Waals surface area contributed by atoms with Crippen molar-refractivity contribution >= 4 is 23.2 Å². The number of halogens is 2. The molecule has 0 bridgehead atoms. The molecule has 0 fully saturated rings. The van der Waals surface area contributed by atoms with Crippen LogP contribution >= 0.6 is 11.6 Å². The molecule has 0 aliphatic rings. The van der Waals surface area contributed by atoms with Crippen LogP contribution in [0.4, 0.5) is 10.1 Å². The van der Waals surface area contributed by atoms with E-state index in [0.717, 1.165) is 0 Å². The molecule has 2 aromatic rings. The average Bonchev–Trinajstić information content (AvgIpc) is 2.56. The highest BCUT2D eigenvalue weighted by Gasteiger charge is 2.22.